The standard InChI is InChI=1S/C5H4ClN3O3/c1-8-5(10)4(6)3(2-7-8)9(11)12/h2H,1H3. The number of aromatic nitrogens is 2. The second-order valence-electron chi connectivity index (χ2n) is 2.03. The van der Waals surface area contributed by atoms with Crippen LogP contribution in [-0.2, 0) is 7.05 Å². The Labute approximate surface area is 71.5 Å². The first-order valence-corrected chi connectivity index (χ1v) is 3.28. The van der Waals surface area contributed by atoms with Gasteiger partial charge in [-0.3, -0.25) is 14.9 Å². The minimum Gasteiger partial charge on any atom is -0.266 e. The molecule has 0 aliphatic rings. The van der Waals surface area contributed by atoms with E-state index in [9.17, 15) is 14.9 Å². The van der Waals surface area contributed by atoms with E-state index in [1.807, 2.05) is 0 Å². The Morgan fingerprint density at radius 1 is 1.75 bits per heavy atom. The van der Waals surface area contributed by atoms with Crippen LogP contribution in [0.1, 0.15) is 0 Å². The summed E-state index contributed by atoms with van der Waals surface area (Å²) in [6.07, 6.45) is 0.934. The van der Waals surface area contributed by atoms with Crippen molar-refractivity contribution in [3.05, 3.63) is 31.7 Å². The first-order chi connectivity index (χ1) is 5.54. The van der Waals surface area contributed by atoms with Crippen LogP contribution in [0, 0.1) is 10.1 Å². The van der Waals surface area contributed by atoms with E-state index < -0.39 is 21.2 Å². The molecule has 0 radical (unpaired) electrons. The monoisotopic (exact) mass is 189 g/mol. The highest BCUT2D eigenvalue weighted by Crippen LogP contribution is 2.16. The fourth-order valence-electron chi connectivity index (χ4n) is 0.629. The third kappa shape index (κ3) is 1.28. The van der Waals surface area contributed by atoms with Crippen LogP contribution in [0.5, 0.6) is 0 Å². The number of aryl methyl sites for hydroxylation is 1. The minimum atomic E-state index is -0.753. The molecule has 1 heterocycles. The van der Waals surface area contributed by atoms with E-state index in [1.165, 1.54) is 7.05 Å². The molecule has 0 saturated heterocycles. The van der Waals surface area contributed by atoms with Crippen molar-refractivity contribution in [2.75, 3.05) is 0 Å². The summed E-state index contributed by atoms with van der Waals surface area (Å²) < 4.78 is 0.926. The largest absolute Gasteiger partial charge is 0.313 e. The second kappa shape index (κ2) is 2.90. The highest BCUT2D eigenvalue weighted by atomic mass is 35.5. The van der Waals surface area contributed by atoms with E-state index in [0.29, 0.717) is 0 Å². The maximum Gasteiger partial charge on any atom is 0.313 e. The molecule has 1 aromatic rings. The summed E-state index contributed by atoms with van der Waals surface area (Å²) in [7, 11) is 1.36. The molecule has 0 N–H and O–H groups in total. The number of hydrogen-bond acceptors (Lipinski definition) is 4. The molecule has 0 saturated carbocycles. The van der Waals surface area contributed by atoms with Crippen LogP contribution in [0.2, 0.25) is 5.02 Å². The maximum absolute atomic E-state index is 11.0. The minimum absolute atomic E-state index is 0.419. The molecule has 0 spiro atoms. The van der Waals surface area contributed by atoms with Crippen LogP contribution < -0.4 is 5.56 Å². The van der Waals surface area contributed by atoms with E-state index in [4.69, 9.17) is 11.6 Å². The van der Waals surface area contributed by atoms with Crippen molar-refractivity contribution in [2.24, 2.45) is 7.05 Å². The smallest absolute Gasteiger partial charge is 0.266 e. The highest BCUT2D eigenvalue weighted by Gasteiger charge is 2.16. The number of rotatable bonds is 1. The number of nitro groups is 1. The summed E-state index contributed by atoms with van der Waals surface area (Å²) in [5.41, 5.74) is -1.15. The first kappa shape index (κ1) is 8.66. The van der Waals surface area contributed by atoms with Crippen molar-refractivity contribution < 1.29 is 4.92 Å². The Kier molecular flexibility index (Phi) is 2.09. The number of halogens is 1. The molecule has 7 heteroatoms. The van der Waals surface area contributed by atoms with Crippen molar-refractivity contribution in [2.45, 2.75) is 0 Å². The average Bonchev–Trinajstić information content (AvgIpc) is 2.00. The van der Waals surface area contributed by atoms with Crippen molar-refractivity contribution in [3.63, 3.8) is 0 Å². The maximum atomic E-state index is 11.0. The van der Waals surface area contributed by atoms with E-state index in [-0.39, 0.29) is 0 Å². The second-order valence-corrected chi connectivity index (χ2v) is 2.41. The summed E-state index contributed by atoms with van der Waals surface area (Å²) in [5.74, 6) is 0. The molecule has 0 fully saturated rings. The predicted octanol–water partition coefficient (Wildman–Crippen LogP) is 0.342. The number of hydrogen-bond donors (Lipinski definition) is 0. The van der Waals surface area contributed by atoms with E-state index in [0.717, 1.165) is 10.9 Å². The summed E-state index contributed by atoms with van der Waals surface area (Å²) in [5, 5.41) is 13.2. The quantitative estimate of drug-likeness (QED) is 0.472. The summed E-state index contributed by atoms with van der Waals surface area (Å²) in [6, 6.07) is 0. The number of nitrogens with zero attached hydrogens (tertiary/aromatic N) is 3. The third-order valence-corrected chi connectivity index (χ3v) is 1.61. The van der Waals surface area contributed by atoms with Gasteiger partial charge in [0, 0.05) is 7.05 Å². The molecule has 0 atom stereocenters. The van der Waals surface area contributed by atoms with Gasteiger partial charge in [0.15, 0.2) is 5.02 Å². The van der Waals surface area contributed by atoms with Crippen LogP contribution >= 0.6 is 11.6 Å². The van der Waals surface area contributed by atoms with Gasteiger partial charge in [-0.05, 0) is 0 Å². The van der Waals surface area contributed by atoms with E-state index in [2.05, 4.69) is 5.10 Å². The fraction of sp³-hybridized carbons (Fsp3) is 0.200. The molecule has 1 rings (SSSR count). The van der Waals surface area contributed by atoms with E-state index >= 15 is 0 Å². The van der Waals surface area contributed by atoms with Crippen LogP contribution in [0.3, 0.4) is 0 Å². The molecular formula is C5H4ClN3O3. The molecule has 0 aromatic carbocycles. The van der Waals surface area contributed by atoms with Gasteiger partial charge < -0.3 is 0 Å². The van der Waals surface area contributed by atoms with Crippen molar-refractivity contribution in [1.29, 1.82) is 0 Å². The zero-order chi connectivity index (χ0) is 9.30. The van der Waals surface area contributed by atoms with Crippen molar-refractivity contribution in [1.82, 2.24) is 9.78 Å². The zero-order valence-corrected chi connectivity index (χ0v) is 6.78. The van der Waals surface area contributed by atoms with Gasteiger partial charge in [0.1, 0.15) is 6.20 Å². The molecule has 0 unspecified atom stereocenters. The molecule has 0 amide bonds. The molecule has 0 aliphatic heterocycles. The van der Waals surface area contributed by atoms with Gasteiger partial charge in [0.2, 0.25) is 0 Å². The molecule has 6 nitrogen and oxygen atoms in total. The van der Waals surface area contributed by atoms with Gasteiger partial charge in [-0.25, -0.2) is 4.68 Å². The van der Waals surface area contributed by atoms with Crippen molar-refractivity contribution >= 4 is 17.3 Å². The Hall–Kier alpha value is -1.43. The van der Waals surface area contributed by atoms with Gasteiger partial charge in [-0.2, -0.15) is 5.10 Å². The molecule has 12 heavy (non-hydrogen) atoms. The molecule has 64 valence electrons. The van der Waals surface area contributed by atoms with Crippen LogP contribution in [0.4, 0.5) is 5.69 Å². The molecule has 1 aromatic heterocycles. The lowest BCUT2D eigenvalue weighted by atomic mass is 10.5. The zero-order valence-electron chi connectivity index (χ0n) is 6.02. The predicted molar refractivity (Wildman–Crippen MR) is 41.1 cm³/mol. The molecule has 0 aliphatic carbocycles. The van der Waals surface area contributed by atoms with E-state index in [1.54, 1.807) is 0 Å². The van der Waals surface area contributed by atoms with Gasteiger partial charge in [-0.15, -0.1) is 0 Å². The van der Waals surface area contributed by atoms with Gasteiger partial charge in [0.05, 0.1) is 4.92 Å². The first-order valence-electron chi connectivity index (χ1n) is 2.90. The molecular weight excluding hydrogens is 186 g/mol. The third-order valence-electron chi connectivity index (χ3n) is 1.26. The van der Waals surface area contributed by atoms with Crippen molar-refractivity contribution in [3.8, 4) is 0 Å². The lowest BCUT2D eigenvalue weighted by molar-refractivity contribution is -0.385. The molecule has 0 bridgehead atoms. The van der Waals surface area contributed by atoms with Gasteiger partial charge >= 0.3 is 5.69 Å². The lowest BCUT2D eigenvalue weighted by Gasteiger charge is -1.95. The van der Waals surface area contributed by atoms with Crippen LogP contribution in [0.15, 0.2) is 11.0 Å². The Balaban J connectivity index is 3.47. The fourth-order valence-corrected chi connectivity index (χ4v) is 0.869. The summed E-state index contributed by atoms with van der Waals surface area (Å²) in [6.45, 7) is 0. The lowest BCUT2D eigenvalue weighted by Crippen LogP contribution is -2.20. The summed E-state index contributed by atoms with van der Waals surface area (Å²) in [4.78, 5) is 20.4. The van der Waals surface area contributed by atoms with Crippen LogP contribution in [-0.4, -0.2) is 14.7 Å². The summed E-state index contributed by atoms with van der Waals surface area (Å²) >= 11 is 5.38. The van der Waals surface area contributed by atoms with Gasteiger partial charge in [0.25, 0.3) is 5.56 Å². The SMILES string of the molecule is Cn1ncc([N+](=O)[O-])c(Cl)c1=O. The Morgan fingerprint density at radius 3 is 2.83 bits per heavy atom. The Morgan fingerprint density at radius 2 is 2.33 bits per heavy atom. The van der Waals surface area contributed by atoms with Crippen LogP contribution in [0.25, 0.3) is 0 Å². The average molecular weight is 190 g/mol. The highest BCUT2D eigenvalue weighted by molar-refractivity contribution is 6.32. The normalized spacial score (nSPS) is 9.83. The topological polar surface area (TPSA) is 78.0 Å². The van der Waals surface area contributed by atoms with Gasteiger partial charge in [-0.1, -0.05) is 11.6 Å². The Bertz CT molecular complexity index is 386.